The first-order valence-electron chi connectivity index (χ1n) is 10.4. The molecule has 0 unspecified atom stereocenters. The molecule has 0 amide bonds. The average molecular weight is 458 g/mol. The van der Waals surface area contributed by atoms with Gasteiger partial charge in [0, 0.05) is 11.3 Å². The molecule has 0 spiro atoms. The molecule has 3 aromatic carbocycles. The first-order valence-corrected chi connectivity index (χ1v) is 11.2. The molecule has 33 heavy (non-hydrogen) atoms. The van der Waals surface area contributed by atoms with Gasteiger partial charge in [-0.2, -0.15) is 0 Å². The van der Waals surface area contributed by atoms with Crippen molar-refractivity contribution >= 4 is 33.6 Å². The average Bonchev–Trinajstić information content (AvgIpc) is 3.19. The summed E-state index contributed by atoms with van der Waals surface area (Å²) in [5, 5.41) is 3.93. The third-order valence-electron chi connectivity index (χ3n) is 5.30. The predicted octanol–water partition coefficient (Wildman–Crippen LogP) is 6.28. The summed E-state index contributed by atoms with van der Waals surface area (Å²) in [4.78, 5) is 27.6. The van der Waals surface area contributed by atoms with Crippen molar-refractivity contribution in [3.8, 4) is 11.5 Å². The molecule has 0 atom stereocenters. The maximum atomic E-state index is 13.8. The van der Waals surface area contributed by atoms with E-state index in [0.717, 1.165) is 5.69 Å². The molecule has 0 saturated heterocycles. The van der Waals surface area contributed by atoms with Crippen LogP contribution in [0.4, 0.5) is 10.7 Å². The van der Waals surface area contributed by atoms with Gasteiger partial charge in [0.1, 0.15) is 16.5 Å². The second-order valence-electron chi connectivity index (χ2n) is 7.34. The van der Waals surface area contributed by atoms with Crippen LogP contribution >= 0.6 is 11.3 Å². The van der Waals surface area contributed by atoms with E-state index < -0.39 is 0 Å². The highest BCUT2D eigenvalue weighted by Crippen LogP contribution is 2.39. The first kappa shape index (κ1) is 22.3. The van der Waals surface area contributed by atoms with Crippen LogP contribution in [0.25, 0.3) is 0 Å². The molecule has 0 fully saturated rings. The van der Waals surface area contributed by atoms with E-state index in [0.29, 0.717) is 43.6 Å². The summed E-state index contributed by atoms with van der Waals surface area (Å²) in [6.07, 6.45) is 0. The fraction of sp³-hybridized carbons (Fsp3) is 0.111. The Kier molecular flexibility index (Phi) is 6.56. The van der Waals surface area contributed by atoms with Gasteiger partial charge < -0.3 is 14.8 Å². The molecular formula is C27H23NO4S. The van der Waals surface area contributed by atoms with Crippen molar-refractivity contribution in [3.05, 3.63) is 106 Å². The minimum atomic E-state index is -0.245. The third-order valence-corrected chi connectivity index (χ3v) is 6.50. The lowest BCUT2D eigenvalue weighted by atomic mass is 9.97. The van der Waals surface area contributed by atoms with Gasteiger partial charge >= 0.3 is 0 Å². The van der Waals surface area contributed by atoms with Gasteiger partial charge in [0.2, 0.25) is 5.78 Å². The third kappa shape index (κ3) is 4.52. The van der Waals surface area contributed by atoms with E-state index in [2.05, 4.69) is 5.32 Å². The zero-order chi connectivity index (χ0) is 23.4. The van der Waals surface area contributed by atoms with E-state index in [1.807, 2.05) is 55.5 Å². The summed E-state index contributed by atoms with van der Waals surface area (Å²) in [5.41, 5.74) is 2.83. The maximum Gasteiger partial charge on any atom is 0.203 e. The van der Waals surface area contributed by atoms with Crippen molar-refractivity contribution in [3.63, 3.8) is 0 Å². The standard InChI is InChI=1S/C27H23NO4S/c1-17-23(25(30)21-16-20(31-2)14-15-22(21)32-3)27(28-19-12-8-5-9-13-19)33-26(17)24(29)18-10-6-4-7-11-18/h4-16,28H,1-3H3. The normalized spacial score (nSPS) is 10.5. The molecule has 0 aliphatic carbocycles. The van der Waals surface area contributed by atoms with Gasteiger partial charge in [-0.25, -0.2) is 0 Å². The summed E-state index contributed by atoms with van der Waals surface area (Å²) >= 11 is 1.28. The summed E-state index contributed by atoms with van der Waals surface area (Å²) in [6, 6.07) is 23.7. The van der Waals surface area contributed by atoms with E-state index in [4.69, 9.17) is 9.47 Å². The van der Waals surface area contributed by atoms with Crippen LogP contribution in [0.3, 0.4) is 0 Å². The number of methoxy groups -OCH3 is 2. The highest BCUT2D eigenvalue weighted by molar-refractivity contribution is 7.19. The number of para-hydroxylation sites is 1. The Balaban J connectivity index is 1.86. The highest BCUT2D eigenvalue weighted by Gasteiger charge is 2.28. The van der Waals surface area contributed by atoms with Gasteiger partial charge in [-0.15, -0.1) is 11.3 Å². The van der Waals surface area contributed by atoms with Crippen LogP contribution in [0.2, 0.25) is 0 Å². The Morgan fingerprint density at radius 3 is 2.12 bits per heavy atom. The molecule has 6 heteroatoms. The molecule has 0 aliphatic heterocycles. The number of rotatable bonds is 8. The molecule has 4 aromatic rings. The number of carbonyl (C=O) groups is 2. The Morgan fingerprint density at radius 1 is 0.818 bits per heavy atom. The van der Waals surface area contributed by atoms with E-state index in [-0.39, 0.29) is 11.6 Å². The molecule has 1 N–H and O–H groups in total. The van der Waals surface area contributed by atoms with Crippen molar-refractivity contribution in [2.45, 2.75) is 6.92 Å². The van der Waals surface area contributed by atoms with Crippen molar-refractivity contribution in [1.82, 2.24) is 0 Å². The Hall–Kier alpha value is -3.90. The molecule has 0 radical (unpaired) electrons. The Bertz CT molecular complexity index is 1300. The maximum absolute atomic E-state index is 13.8. The number of nitrogens with one attached hydrogen (secondary N) is 1. The van der Waals surface area contributed by atoms with E-state index in [1.54, 1.807) is 37.4 Å². The number of thiophene rings is 1. The highest BCUT2D eigenvalue weighted by atomic mass is 32.1. The van der Waals surface area contributed by atoms with Gasteiger partial charge in [0.15, 0.2) is 5.78 Å². The predicted molar refractivity (Wildman–Crippen MR) is 132 cm³/mol. The van der Waals surface area contributed by atoms with Gasteiger partial charge in [0.05, 0.1) is 30.2 Å². The number of hydrogen-bond acceptors (Lipinski definition) is 6. The molecule has 5 nitrogen and oxygen atoms in total. The lowest BCUT2D eigenvalue weighted by Gasteiger charge is -2.12. The van der Waals surface area contributed by atoms with Crippen LogP contribution in [0.5, 0.6) is 11.5 Å². The Labute approximate surface area is 196 Å². The van der Waals surface area contributed by atoms with Gasteiger partial charge in [-0.3, -0.25) is 9.59 Å². The second-order valence-corrected chi connectivity index (χ2v) is 8.36. The molecule has 0 bridgehead atoms. The van der Waals surface area contributed by atoms with Crippen molar-refractivity contribution in [2.24, 2.45) is 0 Å². The minimum Gasteiger partial charge on any atom is -0.497 e. The zero-order valence-corrected chi connectivity index (χ0v) is 19.4. The zero-order valence-electron chi connectivity index (χ0n) is 18.5. The summed E-state index contributed by atoms with van der Waals surface area (Å²) in [6.45, 7) is 1.81. The summed E-state index contributed by atoms with van der Waals surface area (Å²) < 4.78 is 10.8. The van der Waals surface area contributed by atoms with Crippen molar-refractivity contribution in [1.29, 1.82) is 0 Å². The lowest BCUT2D eigenvalue weighted by molar-refractivity contribution is 0.103. The molecule has 0 saturated carbocycles. The van der Waals surface area contributed by atoms with Crippen LogP contribution in [0, 0.1) is 6.92 Å². The smallest absolute Gasteiger partial charge is 0.203 e. The monoisotopic (exact) mass is 457 g/mol. The van der Waals surface area contributed by atoms with E-state index >= 15 is 0 Å². The number of anilines is 2. The second kappa shape index (κ2) is 9.71. The van der Waals surface area contributed by atoms with Crippen LogP contribution < -0.4 is 14.8 Å². The molecule has 0 aliphatic rings. The SMILES string of the molecule is COc1ccc(OC)c(C(=O)c2c(Nc3ccccc3)sc(C(=O)c3ccccc3)c2C)c1. The quantitative estimate of drug-likeness (QED) is 0.316. The van der Waals surface area contributed by atoms with Crippen LogP contribution in [0.15, 0.2) is 78.9 Å². The van der Waals surface area contributed by atoms with Crippen LogP contribution in [-0.4, -0.2) is 25.8 Å². The largest absolute Gasteiger partial charge is 0.497 e. The van der Waals surface area contributed by atoms with Gasteiger partial charge in [-0.1, -0.05) is 48.5 Å². The number of carbonyl (C=O) groups excluding carboxylic acids is 2. The van der Waals surface area contributed by atoms with Gasteiger partial charge in [0.25, 0.3) is 0 Å². The number of ether oxygens (including phenoxy) is 2. The first-order chi connectivity index (χ1) is 16.0. The molecule has 1 aromatic heterocycles. The molecule has 4 rings (SSSR count). The number of benzene rings is 3. The summed E-state index contributed by atoms with van der Waals surface area (Å²) in [7, 11) is 3.07. The summed E-state index contributed by atoms with van der Waals surface area (Å²) in [5.74, 6) is 0.620. The minimum absolute atomic E-state index is 0.120. The van der Waals surface area contributed by atoms with Gasteiger partial charge in [-0.05, 0) is 42.8 Å². The fourth-order valence-electron chi connectivity index (χ4n) is 3.59. The lowest BCUT2D eigenvalue weighted by Crippen LogP contribution is -2.08. The van der Waals surface area contributed by atoms with Crippen LogP contribution in [0.1, 0.15) is 36.7 Å². The molecular weight excluding hydrogens is 434 g/mol. The van der Waals surface area contributed by atoms with Crippen molar-refractivity contribution < 1.29 is 19.1 Å². The topological polar surface area (TPSA) is 64.6 Å². The molecule has 166 valence electrons. The molecule has 1 heterocycles. The number of ketones is 2. The van der Waals surface area contributed by atoms with E-state index in [1.165, 1.54) is 18.4 Å². The van der Waals surface area contributed by atoms with Crippen LogP contribution in [-0.2, 0) is 0 Å². The number of hydrogen-bond donors (Lipinski definition) is 1. The Morgan fingerprint density at radius 2 is 1.48 bits per heavy atom. The van der Waals surface area contributed by atoms with E-state index in [9.17, 15) is 9.59 Å². The fourth-order valence-corrected chi connectivity index (χ4v) is 4.78. The van der Waals surface area contributed by atoms with Crippen molar-refractivity contribution in [2.75, 3.05) is 19.5 Å².